The zero-order valence-corrected chi connectivity index (χ0v) is 12.7. The maximum atomic E-state index is 12.8. The molecule has 0 unspecified atom stereocenters. The van der Waals surface area contributed by atoms with Crippen LogP contribution in [0, 0.1) is 0 Å². The fraction of sp³-hybridized carbons (Fsp3) is 0.529. The van der Waals surface area contributed by atoms with E-state index in [-0.39, 0.29) is 23.9 Å². The van der Waals surface area contributed by atoms with E-state index in [1.54, 1.807) is 0 Å². The standard InChI is InChI=1S/C17H22N2O3/c20-16-7-6-15(18-16)17(21)19(14-9-11-22-12-14)10-8-13-4-2-1-3-5-13/h1-5,14-15H,6-12H2,(H,18,20)/t14-,15-/m1/s1. The van der Waals surface area contributed by atoms with Crippen molar-refractivity contribution in [1.29, 1.82) is 0 Å². The third-order valence-corrected chi connectivity index (χ3v) is 4.41. The second kappa shape index (κ2) is 6.92. The number of rotatable bonds is 5. The summed E-state index contributed by atoms with van der Waals surface area (Å²) in [4.78, 5) is 26.0. The number of nitrogens with zero attached hydrogens (tertiary/aromatic N) is 1. The maximum absolute atomic E-state index is 12.8. The predicted octanol–water partition coefficient (Wildman–Crippen LogP) is 1.13. The van der Waals surface area contributed by atoms with E-state index in [1.165, 1.54) is 5.56 Å². The Hall–Kier alpha value is -1.88. The van der Waals surface area contributed by atoms with Crippen LogP contribution in [0.25, 0.3) is 0 Å². The average molecular weight is 302 g/mol. The van der Waals surface area contributed by atoms with Crippen LogP contribution < -0.4 is 5.32 Å². The van der Waals surface area contributed by atoms with Gasteiger partial charge in [-0.1, -0.05) is 30.3 Å². The number of carbonyl (C=O) groups excluding carboxylic acids is 2. The summed E-state index contributed by atoms with van der Waals surface area (Å²) in [6.45, 7) is 1.97. The third kappa shape index (κ3) is 3.47. The lowest BCUT2D eigenvalue weighted by atomic mass is 10.1. The summed E-state index contributed by atoms with van der Waals surface area (Å²) in [5.74, 6) is 0.0151. The monoisotopic (exact) mass is 302 g/mol. The number of carbonyl (C=O) groups is 2. The molecule has 0 radical (unpaired) electrons. The number of benzene rings is 1. The van der Waals surface area contributed by atoms with Crippen LogP contribution >= 0.6 is 0 Å². The number of ether oxygens (including phenoxy) is 1. The molecule has 0 aromatic heterocycles. The van der Waals surface area contributed by atoms with Crippen molar-refractivity contribution in [3.8, 4) is 0 Å². The minimum atomic E-state index is -0.358. The van der Waals surface area contributed by atoms with Crippen molar-refractivity contribution < 1.29 is 14.3 Å². The Bertz CT molecular complexity index is 526. The molecule has 22 heavy (non-hydrogen) atoms. The van der Waals surface area contributed by atoms with Crippen LogP contribution in [0.2, 0.25) is 0 Å². The second-order valence-electron chi connectivity index (χ2n) is 5.94. The van der Waals surface area contributed by atoms with Gasteiger partial charge in [-0.15, -0.1) is 0 Å². The number of nitrogens with one attached hydrogen (secondary N) is 1. The zero-order chi connectivity index (χ0) is 15.4. The Morgan fingerprint density at radius 2 is 2.09 bits per heavy atom. The first-order valence-electron chi connectivity index (χ1n) is 7.95. The molecule has 0 bridgehead atoms. The molecule has 2 aliphatic rings. The van der Waals surface area contributed by atoms with E-state index >= 15 is 0 Å². The van der Waals surface area contributed by atoms with Gasteiger partial charge in [-0.05, 0) is 24.8 Å². The van der Waals surface area contributed by atoms with Gasteiger partial charge in [0.2, 0.25) is 11.8 Å². The smallest absolute Gasteiger partial charge is 0.245 e. The van der Waals surface area contributed by atoms with Gasteiger partial charge in [-0.3, -0.25) is 9.59 Å². The molecule has 2 aliphatic heterocycles. The summed E-state index contributed by atoms with van der Waals surface area (Å²) in [5, 5.41) is 2.78. The summed E-state index contributed by atoms with van der Waals surface area (Å²) in [5.41, 5.74) is 1.22. The molecule has 5 heteroatoms. The Labute approximate surface area is 130 Å². The fourth-order valence-corrected chi connectivity index (χ4v) is 3.13. The Kier molecular flexibility index (Phi) is 4.73. The first kappa shape index (κ1) is 15.0. The Balaban J connectivity index is 1.66. The molecule has 2 amide bonds. The lowest BCUT2D eigenvalue weighted by Gasteiger charge is -2.30. The molecule has 2 fully saturated rings. The molecule has 0 spiro atoms. The second-order valence-corrected chi connectivity index (χ2v) is 5.94. The van der Waals surface area contributed by atoms with E-state index in [2.05, 4.69) is 17.4 Å². The van der Waals surface area contributed by atoms with Crippen LogP contribution in [-0.4, -0.2) is 48.6 Å². The van der Waals surface area contributed by atoms with Gasteiger partial charge in [0.25, 0.3) is 0 Å². The van der Waals surface area contributed by atoms with Crippen molar-refractivity contribution >= 4 is 11.8 Å². The topological polar surface area (TPSA) is 58.6 Å². The lowest BCUT2D eigenvalue weighted by Crippen LogP contribution is -2.50. The summed E-state index contributed by atoms with van der Waals surface area (Å²) in [6.07, 6.45) is 2.75. The molecular weight excluding hydrogens is 280 g/mol. The van der Waals surface area contributed by atoms with Gasteiger partial charge in [0.1, 0.15) is 6.04 Å². The summed E-state index contributed by atoms with van der Waals surface area (Å²) >= 11 is 0. The van der Waals surface area contributed by atoms with Gasteiger partial charge in [-0.2, -0.15) is 0 Å². The quantitative estimate of drug-likeness (QED) is 0.887. The van der Waals surface area contributed by atoms with Crippen LogP contribution in [0.4, 0.5) is 0 Å². The Morgan fingerprint density at radius 3 is 2.73 bits per heavy atom. The van der Waals surface area contributed by atoms with E-state index in [1.807, 2.05) is 23.1 Å². The molecule has 2 saturated heterocycles. The lowest BCUT2D eigenvalue weighted by molar-refractivity contribution is -0.136. The van der Waals surface area contributed by atoms with Crippen LogP contribution in [0.15, 0.2) is 30.3 Å². The SMILES string of the molecule is O=C1CC[C@H](C(=O)N(CCc2ccccc2)[C@@H]2CCOC2)N1. The van der Waals surface area contributed by atoms with Crippen LogP contribution in [-0.2, 0) is 20.7 Å². The van der Waals surface area contributed by atoms with Gasteiger partial charge >= 0.3 is 0 Å². The molecule has 5 nitrogen and oxygen atoms in total. The number of hydrogen-bond donors (Lipinski definition) is 1. The first-order valence-corrected chi connectivity index (χ1v) is 7.95. The molecule has 1 N–H and O–H groups in total. The van der Waals surface area contributed by atoms with Crippen LogP contribution in [0.5, 0.6) is 0 Å². The molecule has 118 valence electrons. The van der Waals surface area contributed by atoms with Crippen LogP contribution in [0.1, 0.15) is 24.8 Å². The highest BCUT2D eigenvalue weighted by Gasteiger charge is 2.35. The first-order chi connectivity index (χ1) is 10.7. The van der Waals surface area contributed by atoms with Crippen molar-refractivity contribution in [1.82, 2.24) is 10.2 Å². The molecule has 2 atom stereocenters. The molecule has 0 saturated carbocycles. The average Bonchev–Trinajstić information content (AvgIpc) is 3.20. The molecule has 1 aromatic carbocycles. The van der Waals surface area contributed by atoms with Crippen LogP contribution in [0.3, 0.4) is 0 Å². The fourth-order valence-electron chi connectivity index (χ4n) is 3.13. The molecule has 3 rings (SSSR count). The predicted molar refractivity (Wildman–Crippen MR) is 82.2 cm³/mol. The van der Waals surface area contributed by atoms with Gasteiger partial charge in [0, 0.05) is 19.6 Å². The van der Waals surface area contributed by atoms with E-state index in [9.17, 15) is 9.59 Å². The van der Waals surface area contributed by atoms with E-state index in [0.717, 1.165) is 12.8 Å². The number of amides is 2. The maximum Gasteiger partial charge on any atom is 0.245 e. The van der Waals surface area contributed by atoms with Gasteiger partial charge in [-0.25, -0.2) is 0 Å². The Morgan fingerprint density at radius 1 is 1.27 bits per heavy atom. The highest BCUT2D eigenvalue weighted by atomic mass is 16.5. The third-order valence-electron chi connectivity index (χ3n) is 4.41. The van der Waals surface area contributed by atoms with E-state index in [0.29, 0.717) is 32.6 Å². The highest BCUT2D eigenvalue weighted by molar-refractivity contribution is 5.91. The normalized spacial score (nSPS) is 24.3. The summed E-state index contributed by atoms with van der Waals surface area (Å²) in [7, 11) is 0. The van der Waals surface area contributed by atoms with Gasteiger partial charge in [0.15, 0.2) is 0 Å². The van der Waals surface area contributed by atoms with E-state index < -0.39 is 0 Å². The summed E-state index contributed by atoms with van der Waals surface area (Å²) < 4.78 is 5.44. The van der Waals surface area contributed by atoms with Crippen molar-refractivity contribution in [2.75, 3.05) is 19.8 Å². The zero-order valence-electron chi connectivity index (χ0n) is 12.7. The molecular formula is C17H22N2O3. The van der Waals surface area contributed by atoms with Crippen molar-refractivity contribution in [2.45, 2.75) is 37.8 Å². The van der Waals surface area contributed by atoms with Gasteiger partial charge in [0.05, 0.1) is 12.6 Å². The minimum Gasteiger partial charge on any atom is -0.379 e. The molecule has 0 aliphatic carbocycles. The minimum absolute atomic E-state index is 0.0240. The van der Waals surface area contributed by atoms with Crippen molar-refractivity contribution in [3.63, 3.8) is 0 Å². The molecule has 1 aromatic rings. The van der Waals surface area contributed by atoms with Gasteiger partial charge < -0.3 is 15.0 Å². The molecule has 2 heterocycles. The highest BCUT2D eigenvalue weighted by Crippen LogP contribution is 2.18. The van der Waals surface area contributed by atoms with E-state index in [4.69, 9.17) is 4.74 Å². The largest absolute Gasteiger partial charge is 0.379 e. The van der Waals surface area contributed by atoms with Crippen molar-refractivity contribution in [2.24, 2.45) is 0 Å². The summed E-state index contributed by atoms with van der Waals surface area (Å²) in [6, 6.07) is 9.94. The van der Waals surface area contributed by atoms with Crippen molar-refractivity contribution in [3.05, 3.63) is 35.9 Å². The number of hydrogen-bond acceptors (Lipinski definition) is 3.